The summed E-state index contributed by atoms with van der Waals surface area (Å²) >= 11 is 6.18. The van der Waals surface area contributed by atoms with Gasteiger partial charge in [0.15, 0.2) is 0 Å². The molecule has 16 heavy (non-hydrogen) atoms. The van der Waals surface area contributed by atoms with Gasteiger partial charge in [-0.25, -0.2) is 0 Å². The first-order valence-corrected chi connectivity index (χ1v) is 5.41. The van der Waals surface area contributed by atoms with Gasteiger partial charge in [0.1, 0.15) is 0 Å². The quantitative estimate of drug-likeness (QED) is 0.745. The van der Waals surface area contributed by atoms with Crippen molar-refractivity contribution >= 4 is 28.4 Å². The van der Waals surface area contributed by atoms with Crippen molar-refractivity contribution in [2.45, 2.75) is 6.42 Å². The van der Waals surface area contributed by atoms with Crippen molar-refractivity contribution in [2.24, 2.45) is 0 Å². The molecule has 0 aromatic heterocycles. The maximum Gasteiger partial charge on any atom is 0.0663 e. The molecule has 0 aliphatic rings. The number of halogens is 1. The Morgan fingerprint density at radius 2 is 1.94 bits per heavy atom. The standard InChI is InChI=1S/C14H10ClN/c15-13-9-4-8-12-7-3-6-11(14(12)13)5-1-2-10-16/h1,3-9H,2H2. The topological polar surface area (TPSA) is 23.8 Å². The average molecular weight is 228 g/mol. The number of allylic oxidation sites excluding steroid dienone is 1. The summed E-state index contributed by atoms with van der Waals surface area (Å²) in [6.07, 6.45) is 4.20. The molecule has 0 heterocycles. The van der Waals surface area contributed by atoms with E-state index in [1.807, 2.05) is 48.6 Å². The molecule has 0 saturated carbocycles. The lowest BCUT2D eigenvalue weighted by molar-refractivity contribution is 1.36. The maximum absolute atomic E-state index is 8.48. The van der Waals surface area contributed by atoms with E-state index in [0.717, 1.165) is 21.4 Å². The largest absolute Gasteiger partial charge is 0.198 e. The molecule has 0 aliphatic heterocycles. The molecule has 2 aromatic rings. The minimum atomic E-state index is 0.418. The van der Waals surface area contributed by atoms with Crippen LogP contribution >= 0.6 is 11.6 Å². The van der Waals surface area contributed by atoms with E-state index >= 15 is 0 Å². The zero-order valence-electron chi connectivity index (χ0n) is 8.65. The van der Waals surface area contributed by atoms with Gasteiger partial charge in [-0.2, -0.15) is 5.26 Å². The van der Waals surface area contributed by atoms with Gasteiger partial charge in [0.05, 0.1) is 12.5 Å². The lowest BCUT2D eigenvalue weighted by Crippen LogP contribution is -1.79. The van der Waals surface area contributed by atoms with Crippen LogP contribution < -0.4 is 0 Å². The monoisotopic (exact) mass is 227 g/mol. The third-order valence-corrected chi connectivity index (χ3v) is 2.71. The molecule has 0 radical (unpaired) electrons. The lowest BCUT2D eigenvalue weighted by atomic mass is 10.0. The number of hydrogen-bond donors (Lipinski definition) is 0. The second kappa shape index (κ2) is 4.83. The molecule has 0 aliphatic carbocycles. The molecule has 0 atom stereocenters. The first kappa shape index (κ1) is 10.7. The van der Waals surface area contributed by atoms with Crippen LogP contribution in [0.5, 0.6) is 0 Å². The summed E-state index contributed by atoms with van der Waals surface area (Å²) in [5, 5.41) is 11.4. The number of fused-ring (bicyclic) bond motifs is 1. The zero-order valence-corrected chi connectivity index (χ0v) is 9.41. The molecule has 2 aromatic carbocycles. The van der Waals surface area contributed by atoms with Gasteiger partial charge in [0, 0.05) is 10.4 Å². The molecule has 1 nitrogen and oxygen atoms in total. The Hall–Kier alpha value is -1.78. The highest BCUT2D eigenvalue weighted by Gasteiger charge is 2.01. The second-order valence-electron chi connectivity index (χ2n) is 3.45. The van der Waals surface area contributed by atoms with Gasteiger partial charge >= 0.3 is 0 Å². The van der Waals surface area contributed by atoms with E-state index in [9.17, 15) is 0 Å². The molecule has 0 amide bonds. The molecule has 0 N–H and O–H groups in total. The van der Waals surface area contributed by atoms with E-state index in [2.05, 4.69) is 6.07 Å². The summed E-state index contributed by atoms with van der Waals surface area (Å²) in [4.78, 5) is 0. The Bertz CT molecular complexity index is 574. The Balaban J connectivity index is 2.57. The molecule has 0 saturated heterocycles. The summed E-state index contributed by atoms with van der Waals surface area (Å²) in [5.74, 6) is 0. The summed E-state index contributed by atoms with van der Waals surface area (Å²) in [5.41, 5.74) is 1.05. The SMILES string of the molecule is N#CCC=Cc1cccc2cccc(Cl)c12. The van der Waals surface area contributed by atoms with Crippen LogP contribution in [0.3, 0.4) is 0 Å². The van der Waals surface area contributed by atoms with Crippen LogP contribution in [-0.4, -0.2) is 0 Å². The molecule has 2 rings (SSSR count). The molecule has 0 fully saturated rings. The van der Waals surface area contributed by atoms with E-state index in [-0.39, 0.29) is 0 Å². The highest BCUT2D eigenvalue weighted by molar-refractivity contribution is 6.36. The van der Waals surface area contributed by atoms with Crippen LogP contribution in [0.1, 0.15) is 12.0 Å². The molecule has 2 heteroatoms. The van der Waals surface area contributed by atoms with Gasteiger partial charge in [-0.3, -0.25) is 0 Å². The number of rotatable bonds is 2. The van der Waals surface area contributed by atoms with Crippen molar-refractivity contribution in [2.75, 3.05) is 0 Å². The van der Waals surface area contributed by atoms with Crippen LogP contribution in [0.25, 0.3) is 16.8 Å². The second-order valence-corrected chi connectivity index (χ2v) is 3.86. The van der Waals surface area contributed by atoms with Gasteiger partial charge in [-0.05, 0) is 17.0 Å². The minimum Gasteiger partial charge on any atom is -0.198 e. The van der Waals surface area contributed by atoms with Gasteiger partial charge in [-0.1, -0.05) is 54.1 Å². The number of hydrogen-bond acceptors (Lipinski definition) is 1. The molecular weight excluding hydrogens is 218 g/mol. The third-order valence-electron chi connectivity index (χ3n) is 2.39. The number of benzene rings is 2. The fourth-order valence-electron chi connectivity index (χ4n) is 1.70. The maximum atomic E-state index is 8.48. The van der Waals surface area contributed by atoms with Crippen molar-refractivity contribution in [3.8, 4) is 6.07 Å². The van der Waals surface area contributed by atoms with Crippen molar-refractivity contribution in [3.63, 3.8) is 0 Å². The zero-order chi connectivity index (χ0) is 11.4. The fraction of sp³-hybridized carbons (Fsp3) is 0.0714. The number of nitriles is 1. The smallest absolute Gasteiger partial charge is 0.0663 e. The summed E-state index contributed by atoms with van der Waals surface area (Å²) in [6.45, 7) is 0. The van der Waals surface area contributed by atoms with Gasteiger partial charge < -0.3 is 0 Å². The Morgan fingerprint density at radius 3 is 2.69 bits per heavy atom. The van der Waals surface area contributed by atoms with Crippen LogP contribution in [0.4, 0.5) is 0 Å². The first-order chi connectivity index (χ1) is 7.83. The summed E-state index contributed by atoms with van der Waals surface area (Å²) in [7, 11) is 0. The normalized spacial score (nSPS) is 10.8. The van der Waals surface area contributed by atoms with Gasteiger partial charge in [0.25, 0.3) is 0 Å². The fourth-order valence-corrected chi connectivity index (χ4v) is 1.99. The van der Waals surface area contributed by atoms with E-state index in [0.29, 0.717) is 6.42 Å². The van der Waals surface area contributed by atoms with E-state index in [1.165, 1.54) is 0 Å². The Morgan fingerprint density at radius 1 is 1.19 bits per heavy atom. The Kier molecular flexibility index (Phi) is 3.24. The van der Waals surface area contributed by atoms with Crippen LogP contribution in [0, 0.1) is 11.3 Å². The first-order valence-electron chi connectivity index (χ1n) is 5.03. The lowest BCUT2D eigenvalue weighted by Gasteiger charge is -2.03. The Labute approximate surface area is 99.6 Å². The van der Waals surface area contributed by atoms with Crippen molar-refractivity contribution < 1.29 is 0 Å². The van der Waals surface area contributed by atoms with E-state index < -0.39 is 0 Å². The molecular formula is C14H10ClN. The molecule has 0 unspecified atom stereocenters. The summed E-state index contributed by atoms with van der Waals surface area (Å²) in [6, 6.07) is 14.0. The van der Waals surface area contributed by atoms with Crippen LogP contribution in [0.15, 0.2) is 42.5 Å². The third kappa shape index (κ3) is 2.08. The van der Waals surface area contributed by atoms with Crippen molar-refractivity contribution in [1.29, 1.82) is 5.26 Å². The minimum absolute atomic E-state index is 0.418. The molecule has 0 spiro atoms. The van der Waals surface area contributed by atoms with E-state index in [1.54, 1.807) is 0 Å². The van der Waals surface area contributed by atoms with E-state index in [4.69, 9.17) is 16.9 Å². The average Bonchev–Trinajstić information content (AvgIpc) is 2.30. The van der Waals surface area contributed by atoms with Gasteiger partial charge in [-0.15, -0.1) is 0 Å². The molecule has 0 bridgehead atoms. The number of nitrogens with zero attached hydrogens (tertiary/aromatic N) is 1. The van der Waals surface area contributed by atoms with Gasteiger partial charge in [0.2, 0.25) is 0 Å². The predicted octanol–water partition coefficient (Wildman–Crippen LogP) is 4.42. The van der Waals surface area contributed by atoms with Crippen LogP contribution in [-0.2, 0) is 0 Å². The highest BCUT2D eigenvalue weighted by atomic mass is 35.5. The van der Waals surface area contributed by atoms with Crippen LogP contribution in [0.2, 0.25) is 5.02 Å². The highest BCUT2D eigenvalue weighted by Crippen LogP contribution is 2.27. The molecule has 78 valence electrons. The summed E-state index contributed by atoms with van der Waals surface area (Å²) < 4.78 is 0. The van der Waals surface area contributed by atoms with Crippen molar-refractivity contribution in [1.82, 2.24) is 0 Å². The van der Waals surface area contributed by atoms with Crippen molar-refractivity contribution in [3.05, 3.63) is 53.1 Å². The predicted molar refractivity (Wildman–Crippen MR) is 68.2 cm³/mol.